The van der Waals surface area contributed by atoms with E-state index in [2.05, 4.69) is 85.4 Å². The van der Waals surface area contributed by atoms with Gasteiger partial charge in [-0.1, -0.05) is 59.7 Å². The quantitative estimate of drug-likeness (QED) is 0.443. The molecule has 0 saturated heterocycles. The number of rotatable bonds is 5. The summed E-state index contributed by atoms with van der Waals surface area (Å²) in [5, 5.41) is 7.15. The number of allylic oxidation sites excluding steroid dienone is 2. The fraction of sp³-hybridized carbons (Fsp3) is 0.371. The van der Waals surface area contributed by atoms with Crippen LogP contribution in [0, 0.1) is 5.92 Å². The molecule has 0 radical (unpaired) electrons. The summed E-state index contributed by atoms with van der Waals surface area (Å²) < 4.78 is 0. The molecule has 8 rings (SSSR count). The molecule has 4 heteroatoms. The van der Waals surface area contributed by atoms with E-state index in [0.717, 1.165) is 37.8 Å². The van der Waals surface area contributed by atoms with Crippen LogP contribution in [-0.4, -0.2) is 36.6 Å². The largest absolute Gasteiger partial charge is 0.302 e. The van der Waals surface area contributed by atoms with E-state index in [0.29, 0.717) is 12.1 Å². The fourth-order valence-electron chi connectivity index (χ4n) is 7.57. The molecule has 196 valence electrons. The van der Waals surface area contributed by atoms with Crippen molar-refractivity contribution in [3.8, 4) is 11.1 Å². The van der Waals surface area contributed by atoms with Crippen LogP contribution in [-0.2, 0) is 6.42 Å². The van der Waals surface area contributed by atoms with Crippen LogP contribution >= 0.6 is 0 Å². The molecular weight excluding hydrogens is 476 g/mol. The SMILES string of the molecule is CC1=C[C@@H](C2=NC=C(c3ccc(-c4ccc(C5=CN=C([C@@H]6C=C(C)CN6)C5)c5c4C4CCC4C5)cc3)C2)NC1. The van der Waals surface area contributed by atoms with Crippen molar-refractivity contribution in [3.05, 3.63) is 94.4 Å². The lowest BCUT2D eigenvalue weighted by Gasteiger charge is -2.31. The van der Waals surface area contributed by atoms with Crippen LogP contribution in [0.4, 0.5) is 0 Å². The Balaban J connectivity index is 1.04. The van der Waals surface area contributed by atoms with E-state index >= 15 is 0 Å². The Morgan fingerprint density at radius 3 is 1.92 bits per heavy atom. The first-order valence-electron chi connectivity index (χ1n) is 14.7. The molecule has 1 saturated carbocycles. The number of nitrogens with zero attached hydrogens (tertiary/aromatic N) is 2. The summed E-state index contributed by atoms with van der Waals surface area (Å²) in [6.45, 7) is 6.34. The molecular formula is C35H36N4. The summed E-state index contributed by atoms with van der Waals surface area (Å²) in [5.74, 6) is 1.55. The number of nitrogens with one attached hydrogen (secondary N) is 2. The molecule has 2 unspecified atom stereocenters. The zero-order chi connectivity index (χ0) is 26.1. The molecule has 0 amide bonds. The van der Waals surface area contributed by atoms with Gasteiger partial charge in [-0.3, -0.25) is 9.98 Å². The van der Waals surface area contributed by atoms with Gasteiger partial charge in [0.25, 0.3) is 0 Å². The highest BCUT2D eigenvalue weighted by Crippen LogP contribution is 2.55. The van der Waals surface area contributed by atoms with Crippen molar-refractivity contribution in [1.29, 1.82) is 0 Å². The standard InChI is InChI=1S/C35H36N4/c1-20-11-31(36-16-20)33-14-25(18-38-33)22-3-5-23(6-4-22)28-10-9-27(30-13-24-7-8-29(24)35(28)30)26-15-34(39-19-26)32-12-21(2)17-37-32/h3-6,9-12,18-19,24,29,31-32,36-37H,7-8,13-17H2,1-2H3/t24?,29?,31-,32-/m0/s1. The van der Waals surface area contributed by atoms with Crippen molar-refractivity contribution < 1.29 is 0 Å². The smallest absolute Gasteiger partial charge is 0.0650 e. The summed E-state index contributed by atoms with van der Waals surface area (Å²) in [5.41, 5.74) is 16.8. The molecule has 0 spiro atoms. The second kappa shape index (κ2) is 9.11. The van der Waals surface area contributed by atoms with Crippen LogP contribution in [0.2, 0.25) is 0 Å². The highest BCUT2D eigenvalue weighted by Gasteiger charge is 2.42. The zero-order valence-electron chi connectivity index (χ0n) is 22.9. The van der Waals surface area contributed by atoms with Gasteiger partial charge in [-0.15, -0.1) is 0 Å². The second-order valence-electron chi connectivity index (χ2n) is 12.4. The molecule has 0 aromatic heterocycles. The molecule has 39 heavy (non-hydrogen) atoms. The van der Waals surface area contributed by atoms with Crippen LogP contribution in [0.25, 0.3) is 22.3 Å². The first kappa shape index (κ1) is 23.5. The second-order valence-corrected chi connectivity index (χ2v) is 12.4. The molecule has 0 bridgehead atoms. The van der Waals surface area contributed by atoms with Gasteiger partial charge in [0.2, 0.25) is 0 Å². The average molecular weight is 513 g/mol. The first-order valence-corrected chi connectivity index (χ1v) is 14.7. The van der Waals surface area contributed by atoms with Crippen molar-refractivity contribution in [2.24, 2.45) is 15.9 Å². The number of fused-ring (bicyclic) bond motifs is 3. The van der Waals surface area contributed by atoms with Gasteiger partial charge >= 0.3 is 0 Å². The van der Waals surface area contributed by atoms with Gasteiger partial charge in [-0.2, -0.15) is 0 Å². The molecule has 4 aliphatic heterocycles. The maximum atomic E-state index is 4.88. The topological polar surface area (TPSA) is 48.8 Å². The lowest BCUT2D eigenvalue weighted by molar-refractivity contribution is 0.281. The maximum Gasteiger partial charge on any atom is 0.0650 e. The highest BCUT2D eigenvalue weighted by molar-refractivity contribution is 6.04. The van der Waals surface area contributed by atoms with E-state index in [4.69, 9.17) is 9.98 Å². The number of aliphatic imine (C=N–C) groups is 2. The predicted octanol–water partition coefficient (Wildman–Crippen LogP) is 6.61. The fourth-order valence-corrected chi connectivity index (χ4v) is 7.57. The molecule has 2 aliphatic carbocycles. The van der Waals surface area contributed by atoms with Gasteiger partial charge in [-0.25, -0.2) is 0 Å². The Kier molecular flexibility index (Phi) is 5.50. The van der Waals surface area contributed by atoms with Crippen LogP contribution < -0.4 is 10.6 Å². The van der Waals surface area contributed by atoms with Crippen molar-refractivity contribution in [1.82, 2.24) is 10.6 Å². The third kappa shape index (κ3) is 3.96. The Labute approximate surface area is 231 Å². The van der Waals surface area contributed by atoms with E-state index in [9.17, 15) is 0 Å². The van der Waals surface area contributed by atoms with Crippen LogP contribution in [0.15, 0.2) is 82.1 Å². The minimum atomic E-state index is 0.293. The Morgan fingerprint density at radius 1 is 0.692 bits per heavy atom. The Hall–Kier alpha value is -3.34. The molecule has 2 aromatic carbocycles. The van der Waals surface area contributed by atoms with Gasteiger partial charge in [0.15, 0.2) is 0 Å². The zero-order valence-corrected chi connectivity index (χ0v) is 22.9. The lowest BCUT2D eigenvalue weighted by atomic mass is 9.73. The average Bonchev–Trinajstić information content (AvgIpc) is 3.75. The van der Waals surface area contributed by atoms with Crippen molar-refractivity contribution in [3.63, 3.8) is 0 Å². The number of hydrogen-bond acceptors (Lipinski definition) is 4. The summed E-state index contributed by atoms with van der Waals surface area (Å²) in [7, 11) is 0. The van der Waals surface area contributed by atoms with E-state index in [1.807, 2.05) is 0 Å². The number of benzene rings is 2. The van der Waals surface area contributed by atoms with E-state index in [-0.39, 0.29) is 0 Å². The van der Waals surface area contributed by atoms with Crippen molar-refractivity contribution in [2.45, 2.75) is 64.0 Å². The number of hydrogen-bond donors (Lipinski definition) is 2. The Bertz CT molecular complexity index is 1560. The van der Waals surface area contributed by atoms with Crippen LogP contribution in [0.1, 0.15) is 67.7 Å². The van der Waals surface area contributed by atoms with Crippen LogP contribution in [0.5, 0.6) is 0 Å². The monoisotopic (exact) mass is 512 g/mol. The maximum absolute atomic E-state index is 4.88. The summed E-state index contributed by atoms with van der Waals surface area (Å²) >= 11 is 0. The van der Waals surface area contributed by atoms with Crippen molar-refractivity contribution >= 4 is 22.6 Å². The first-order chi connectivity index (χ1) is 19.1. The van der Waals surface area contributed by atoms with Gasteiger partial charge in [0.1, 0.15) is 0 Å². The van der Waals surface area contributed by atoms with Gasteiger partial charge < -0.3 is 10.6 Å². The summed E-state index contributed by atoms with van der Waals surface area (Å²) in [6.07, 6.45) is 14.7. The minimum absolute atomic E-state index is 0.293. The minimum Gasteiger partial charge on any atom is -0.302 e. The summed E-state index contributed by atoms with van der Waals surface area (Å²) in [6, 6.07) is 14.7. The molecule has 4 heterocycles. The molecule has 4 nitrogen and oxygen atoms in total. The third-order valence-corrected chi connectivity index (χ3v) is 9.86. The van der Waals surface area contributed by atoms with Crippen molar-refractivity contribution in [2.75, 3.05) is 13.1 Å². The van der Waals surface area contributed by atoms with E-state index in [1.165, 1.54) is 75.2 Å². The van der Waals surface area contributed by atoms with E-state index in [1.54, 1.807) is 11.1 Å². The summed E-state index contributed by atoms with van der Waals surface area (Å²) in [4.78, 5) is 9.65. The van der Waals surface area contributed by atoms with E-state index < -0.39 is 0 Å². The third-order valence-electron chi connectivity index (χ3n) is 9.86. The predicted molar refractivity (Wildman–Crippen MR) is 162 cm³/mol. The molecule has 4 atom stereocenters. The molecule has 1 fully saturated rings. The molecule has 2 aromatic rings. The lowest BCUT2D eigenvalue weighted by Crippen LogP contribution is -2.30. The van der Waals surface area contributed by atoms with Gasteiger partial charge in [-0.05, 0) is 89.5 Å². The highest BCUT2D eigenvalue weighted by atomic mass is 15.0. The molecule has 2 N–H and O–H groups in total. The van der Waals surface area contributed by atoms with Gasteiger partial charge in [0.05, 0.1) is 12.1 Å². The normalized spacial score (nSPS) is 28.8. The molecule has 6 aliphatic rings. The van der Waals surface area contributed by atoms with Crippen LogP contribution in [0.3, 0.4) is 0 Å². The van der Waals surface area contributed by atoms with Gasteiger partial charge in [0, 0.05) is 49.8 Å². The Morgan fingerprint density at radius 2 is 1.31 bits per heavy atom.